The fraction of sp³-hybridized carbons (Fsp3) is 0.217. The topological polar surface area (TPSA) is 157 Å². The number of aromatic amines is 1. The molecule has 0 atom stereocenters. The Morgan fingerprint density at radius 1 is 1.09 bits per heavy atom. The number of ether oxygens (including phenoxy) is 1. The van der Waals surface area contributed by atoms with Gasteiger partial charge in [-0.05, 0) is 51.1 Å². The van der Waals surface area contributed by atoms with Crippen LogP contribution in [0.25, 0.3) is 22.4 Å². The third kappa shape index (κ3) is 5.43. The highest BCUT2D eigenvalue weighted by Gasteiger charge is 2.19. The number of benzene rings is 2. The highest BCUT2D eigenvalue weighted by molar-refractivity contribution is 6.02. The number of non-ortho nitro benzene ring substituents is 1. The number of nitrogens with one attached hydrogen (secondary N) is 3. The van der Waals surface area contributed by atoms with Gasteiger partial charge < -0.3 is 19.6 Å². The number of aryl methyl sites for hydroxylation is 1. The zero-order valence-corrected chi connectivity index (χ0v) is 19.4. The predicted molar refractivity (Wildman–Crippen MR) is 129 cm³/mol. The summed E-state index contributed by atoms with van der Waals surface area (Å²) in [4.78, 5) is 46.9. The van der Waals surface area contributed by atoms with Crippen LogP contribution in [0.4, 0.5) is 22.0 Å². The molecular formula is C23H23N7O5. The Labute approximate surface area is 199 Å². The molecule has 3 N–H and O–H groups in total. The van der Waals surface area contributed by atoms with Gasteiger partial charge in [0, 0.05) is 36.6 Å². The first-order chi connectivity index (χ1) is 16.5. The highest BCUT2D eigenvalue weighted by Crippen LogP contribution is 2.25. The van der Waals surface area contributed by atoms with Crippen molar-refractivity contribution in [2.24, 2.45) is 7.05 Å². The van der Waals surface area contributed by atoms with E-state index in [2.05, 4.69) is 25.6 Å². The van der Waals surface area contributed by atoms with Crippen LogP contribution in [0.1, 0.15) is 31.4 Å². The maximum absolute atomic E-state index is 12.7. The second-order valence-corrected chi connectivity index (χ2v) is 8.76. The molecule has 2 aromatic heterocycles. The minimum absolute atomic E-state index is 0.0236. The maximum Gasteiger partial charge on any atom is 0.413 e. The first-order valence-corrected chi connectivity index (χ1v) is 10.6. The lowest BCUT2D eigenvalue weighted by Gasteiger charge is -2.18. The largest absolute Gasteiger partial charge is 0.444 e. The van der Waals surface area contributed by atoms with Crippen molar-refractivity contribution in [3.05, 3.63) is 64.6 Å². The quantitative estimate of drug-likeness (QED) is 0.283. The SMILES string of the molecule is Cn1cc(NC(=O)OC(C)(C)C)nc1C(=O)Nc1ccc(-c2nc3ccc([N+](=O)[O-])cc3[nH]2)cc1. The second-order valence-electron chi connectivity index (χ2n) is 8.76. The van der Waals surface area contributed by atoms with Crippen molar-refractivity contribution in [2.75, 3.05) is 10.6 Å². The van der Waals surface area contributed by atoms with Crippen molar-refractivity contribution < 1.29 is 19.2 Å². The molecule has 0 spiro atoms. The molecule has 0 aliphatic rings. The van der Waals surface area contributed by atoms with Crippen LogP contribution < -0.4 is 10.6 Å². The number of imidazole rings is 2. The number of nitrogens with zero attached hydrogens (tertiary/aromatic N) is 4. The number of hydrogen-bond donors (Lipinski definition) is 3. The van der Waals surface area contributed by atoms with Crippen LogP contribution in [0.2, 0.25) is 0 Å². The van der Waals surface area contributed by atoms with Gasteiger partial charge in [-0.2, -0.15) is 0 Å². The van der Waals surface area contributed by atoms with Crippen LogP contribution in [0, 0.1) is 10.1 Å². The predicted octanol–water partition coefficient (Wildman–Crippen LogP) is 4.47. The Bertz CT molecular complexity index is 1430. The number of rotatable bonds is 5. The number of nitro benzene ring substituents is 1. The van der Waals surface area contributed by atoms with E-state index in [4.69, 9.17) is 4.74 Å². The normalized spacial score (nSPS) is 11.3. The van der Waals surface area contributed by atoms with E-state index in [1.165, 1.54) is 22.9 Å². The number of carbonyl (C=O) groups is 2. The van der Waals surface area contributed by atoms with Crippen molar-refractivity contribution >= 4 is 40.2 Å². The van der Waals surface area contributed by atoms with Crippen molar-refractivity contribution in [3.63, 3.8) is 0 Å². The molecule has 4 rings (SSSR count). The van der Waals surface area contributed by atoms with E-state index in [0.717, 1.165) is 5.56 Å². The Balaban J connectivity index is 1.45. The van der Waals surface area contributed by atoms with Gasteiger partial charge in [-0.15, -0.1) is 0 Å². The van der Waals surface area contributed by atoms with E-state index in [1.807, 2.05) is 0 Å². The molecule has 2 aromatic carbocycles. The Morgan fingerprint density at radius 2 is 1.80 bits per heavy atom. The van der Waals surface area contributed by atoms with Gasteiger partial charge in [-0.1, -0.05) is 0 Å². The number of hydrogen-bond acceptors (Lipinski definition) is 7. The minimum atomic E-state index is -0.668. The third-order valence-electron chi connectivity index (χ3n) is 4.80. The van der Waals surface area contributed by atoms with Crippen LogP contribution in [-0.4, -0.2) is 42.0 Å². The molecular weight excluding hydrogens is 454 g/mol. The molecule has 0 fully saturated rings. The summed E-state index contributed by atoms with van der Waals surface area (Å²) in [5, 5.41) is 16.2. The molecule has 0 saturated carbocycles. The van der Waals surface area contributed by atoms with Gasteiger partial charge in [0.25, 0.3) is 11.6 Å². The first kappa shape index (κ1) is 23.4. The van der Waals surface area contributed by atoms with E-state index >= 15 is 0 Å². The molecule has 12 heteroatoms. The second kappa shape index (κ2) is 8.89. The number of fused-ring (bicyclic) bond motifs is 1. The molecule has 4 aromatic rings. The number of H-pyrrole nitrogens is 1. The number of amides is 2. The monoisotopic (exact) mass is 477 g/mol. The van der Waals surface area contributed by atoms with Crippen LogP contribution in [0.5, 0.6) is 0 Å². The molecule has 0 bridgehead atoms. The van der Waals surface area contributed by atoms with Gasteiger partial charge in [0.2, 0.25) is 5.82 Å². The number of anilines is 2. The Kier molecular flexibility index (Phi) is 5.95. The van der Waals surface area contributed by atoms with Crippen LogP contribution in [-0.2, 0) is 11.8 Å². The summed E-state index contributed by atoms with van der Waals surface area (Å²) in [6.07, 6.45) is 0.840. The molecule has 0 aliphatic heterocycles. The van der Waals surface area contributed by atoms with Gasteiger partial charge in [0.1, 0.15) is 11.4 Å². The Morgan fingerprint density at radius 3 is 2.46 bits per heavy atom. The average Bonchev–Trinajstić information content (AvgIpc) is 3.35. The summed E-state index contributed by atoms with van der Waals surface area (Å²) in [6, 6.07) is 11.3. The van der Waals surface area contributed by atoms with E-state index < -0.39 is 22.5 Å². The van der Waals surface area contributed by atoms with Gasteiger partial charge in [-0.25, -0.2) is 14.8 Å². The van der Waals surface area contributed by atoms with Crippen LogP contribution in [0.15, 0.2) is 48.7 Å². The van der Waals surface area contributed by atoms with Crippen molar-refractivity contribution in [1.29, 1.82) is 0 Å². The maximum atomic E-state index is 12.7. The van der Waals surface area contributed by atoms with Crippen molar-refractivity contribution in [1.82, 2.24) is 19.5 Å². The van der Waals surface area contributed by atoms with Crippen molar-refractivity contribution in [2.45, 2.75) is 26.4 Å². The summed E-state index contributed by atoms with van der Waals surface area (Å²) in [5.74, 6) is 0.361. The van der Waals surface area contributed by atoms with Gasteiger partial charge in [0.15, 0.2) is 5.82 Å². The lowest BCUT2D eigenvalue weighted by molar-refractivity contribution is -0.384. The zero-order chi connectivity index (χ0) is 25.3. The molecule has 12 nitrogen and oxygen atoms in total. The van der Waals surface area contributed by atoms with E-state index in [9.17, 15) is 19.7 Å². The molecule has 2 heterocycles. The Hall–Kier alpha value is -4.74. The molecule has 0 saturated heterocycles. The van der Waals surface area contributed by atoms with Gasteiger partial charge >= 0.3 is 6.09 Å². The van der Waals surface area contributed by atoms with Crippen molar-refractivity contribution in [3.8, 4) is 11.4 Å². The highest BCUT2D eigenvalue weighted by atomic mass is 16.6. The van der Waals surface area contributed by atoms with Gasteiger partial charge in [0.05, 0.1) is 16.0 Å². The fourth-order valence-electron chi connectivity index (χ4n) is 3.29. The molecule has 2 amide bonds. The third-order valence-corrected chi connectivity index (χ3v) is 4.80. The fourth-order valence-corrected chi connectivity index (χ4v) is 3.29. The van der Waals surface area contributed by atoms with E-state index in [1.54, 1.807) is 58.2 Å². The van der Waals surface area contributed by atoms with E-state index in [-0.39, 0.29) is 17.3 Å². The molecule has 0 aliphatic carbocycles. The minimum Gasteiger partial charge on any atom is -0.444 e. The summed E-state index contributed by atoms with van der Waals surface area (Å²) in [5.41, 5.74) is 1.74. The molecule has 0 radical (unpaired) electrons. The lowest BCUT2D eigenvalue weighted by atomic mass is 10.2. The average molecular weight is 477 g/mol. The standard InChI is InChI=1S/C23H23N7O5/c1-23(2,3)35-22(32)28-18-12-29(4)20(27-18)21(31)24-14-7-5-13(6-8-14)19-25-16-10-9-15(30(33)34)11-17(16)26-19/h5-12H,1-4H3,(H,24,31)(H,25,26)(H,28,32). The molecule has 180 valence electrons. The number of carbonyl (C=O) groups excluding carboxylic acids is 2. The number of nitro groups is 1. The summed E-state index contributed by atoms with van der Waals surface area (Å²) >= 11 is 0. The van der Waals surface area contributed by atoms with Gasteiger partial charge in [-0.3, -0.25) is 20.2 Å². The van der Waals surface area contributed by atoms with E-state index in [0.29, 0.717) is 22.5 Å². The van der Waals surface area contributed by atoms with Crippen LogP contribution in [0.3, 0.4) is 0 Å². The first-order valence-electron chi connectivity index (χ1n) is 10.6. The lowest BCUT2D eigenvalue weighted by Crippen LogP contribution is -2.27. The summed E-state index contributed by atoms with van der Waals surface area (Å²) in [6.45, 7) is 5.24. The summed E-state index contributed by atoms with van der Waals surface area (Å²) < 4.78 is 6.68. The molecule has 0 unspecified atom stereocenters. The van der Waals surface area contributed by atoms with Crippen LogP contribution >= 0.6 is 0 Å². The zero-order valence-electron chi connectivity index (χ0n) is 19.4. The smallest absolute Gasteiger partial charge is 0.413 e. The number of aromatic nitrogens is 4. The summed E-state index contributed by atoms with van der Waals surface area (Å²) in [7, 11) is 1.64. The molecule has 35 heavy (non-hydrogen) atoms.